The Morgan fingerprint density at radius 1 is 1.07 bits per heavy atom. The molecule has 0 aliphatic heterocycles. The molecule has 0 saturated carbocycles. The van der Waals surface area contributed by atoms with Gasteiger partial charge in [0.25, 0.3) is 15.7 Å². The number of fused-ring (bicyclic) bond motifs is 1. The number of pyridine rings is 1. The Bertz CT molecular complexity index is 1230. The van der Waals surface area contributed by atoms with Crippen LogP contribution in [-0.4, -0.2) is 28.2 Å². The predicted molar refractivity (Wildman–Crippen MR) is 94.5 cm³/mol. The summed E-state index contributed by atoms with van der Waals surface area (Å²) in [6.07, 6.45) is 0. The first-order valence-corrected chi connectivity index (χ1v) is 8.76. The van der Waals surface area contributed by atoms with Crippen molar-refractivity contribution in [2.45, 2.75) is 4.90 Å². The van der Waals surface area contributed by atoms with Crippen LogP contribution in [0.4, 0.5) is 11.4 Å². The second-order valence-electron chi connectivity index (χ2n) is 5.14. The molecule has 9 nitrogen and oxygen atoms in total. The monoisotopic (exact) mass is 448 g/mol. The SMILES string of the molecule is O=c1[nH]c2ccccc2c(O)c1N=Nc1cc(Cl)cc(S(=O)(=O)O)c1O.[Cr].[H+]. The number of nitrogens with zero attached hydrogens (tertiary/aromatic N) is 2. The third-order valence-corrected chi connectivity index (χ3v) is 4.51. The van der Waals surface area contributed by atoms with E-state index in [2.05, 4.69) is 15.2 Å². The van der Waals surface area contributed by atoms with Crippen molar-refractivity contribution in [3.8, 4) is 11.5 Å². The van der Waals surface area contributed by atoms with Gasteiger partial charge in [0.05, 0.1) is 5.52 Å². The molecule has 0 saturated heterocycles. The van der Waals surface area contributed by atoms with E-state index in [1.54, 1.807) is 24.3 Å². The van der Waals surface area contributed by atoms with Gasteiger partial charge in [-0.3, -0.25) is 9.35 Å². The van der Waals surface area contributed by atoms with Gasteiger partial charge < -0.3 is 15.2 Å². The third-order valence-electron chi connectivity index (χ3n) is 3.43. The second kappa shape index (κ2) is 7.68. The second-order valence-corrected chi connectivity index (χ2v) is 6.97. The number of aromatic amines is 1. The van der Waals surface area contributed by atoms with Crippen LogP contribution in [0.3, 0.4) is 0 Å². The summed E-state index contributed by atoms with van der Waals surface area (Å²) in [7, 11) is -4.76. The van der Waals surface area contributed by atoms with Crippen molar-refractivity contribution in [1.29, 1.82) is 0 Å². The van der Waals surface area contributed by atoms with E-state index < -0.39 is 43.4 Å². The number of hydrogen-bond acceptors (Lipinski definition) is 7. The number of halogens is 1. The summed E-state index contributed by atoms with van der Waals surface area (Å²) in [4.78, 5) is 13.7. The van der Waals surface area contributed by atoms with Gasteiger partial charge in [-0.2, -0.15) is 8.42 Å². The van der Waals surface area contributed by atoms with E-state index in [0.717, 1.165) is 12.1 Å². The number of benzene rings is 2. The van der Waals surface area contributed by atoms with Gasteiger partial charge in [-0.25, -0.2) is 0 Å². The molecule has 0 atom stereocenters. The number of hydrogen-bond donors (Lipinski definition) is 4. The van der Waals surface area contributed by atoms with Gasteiger partial charge in [0.2, 0.25) is 0 Å². The van der Waals surface area contributed by atoms with Gasteiger partial charge in [-0.15, -0.1) is 10.2 Å². The van der Waals surface area contributed by atoms with Crippen molar-refractivity contribution in [1.82, 2.24) is 4.98 Å². The molecular weight excluding hydrogens is 438 g/mol. The minimum Gasteiger partial charge on any atom is -0.505 e. The van der Waals surface area contributed by atoms with Gasteiger partial charge in [0.15, 0.2) is 17.2 Å². The number of para-hydroxylation sites is 1. The van der Waals surface area contributed by atoms with E-state index in [1.807, 2.05) is 0 Å². The van der Waals surface area contributed by atoms with Crippen LogP contribution in [0.15, 0.2) is 56.3 Å². The topological polar surface area (TPSA) is 152 Å². The summed E-state index contributed by atoms with van der Waals surface area (Å²) in [5.74, 6) is -1.35. The van der Waals surface area contributed by atoms with Crippen molar-refractivity contribution in [3.63, 3.8) is 0 Å². The Balaban J connectivity index is 0.00000196. The van der Waals surface area contributed by atoms with E-state index in [0.29, 0.717) is 10.9 Å². The molecule has 4 N–H and O–H groups in total. The van der Waals surface area contributed by atoms with Gasteiger partial charge in [0.1, 0.15) is 10.6 Å². The summed E-state index contributed by atoms with van der Waals surface area (Å²) in [6.45, 7) is 0. The summed E-state index contributed by atoms with van der Waals surface area (Å²) in [6, 6.07) is 8.33. The number of aromatic hydroxyl groups is 2. The molecule has 0 aliphatic rings. The molecule has 0 bridgehead atoms. The predicted octanol–water partition coefficient (Wildman–Crippen LogP) is 3.36. The summed E-state index contributed by atoms with van der Waals surface area (Å²) >= 11 is 5.74. The van der Waals surface area contributed by atoms with E-state index in [9.17, 15) is 23.4 Å². The number of azo groups is 1. The van der Waals surface area contributed by atoms with Crippen molar-refractivity contribution >= 4 is 44.0 Å². The Kier molecular flexibility index (Phi) is 5.94. The molecule has 12 heteroatoms. The van der Waals surface area contributed by atoms with Crippen LogP contribution in [0.2, 0.25) is 5.02 Å². The number of nitrogens with one attached hydrogen (secondary N) is 1. The van der Waals surface area contributed by atoms with Crippen LogP contribution in [0.1, 0.15) is 1.43 Å². The first-order valence-electron chi connectivity index (χ1n) is 6.94. The molecule has 0 amide bonds. The maximum absolute atomic E-state index is 12.1. The fourth-order valence-electron chi connectivity index (χ4n) is 2.25. The molecule has 0 unspecified atom stereocenters. The van der Waals surface area contributed by atoms with Crippen LogP contribution >= 0.6 is 11.6 Å². The van der Waals surface area contributed by atoms with E-state index in [4.69, 9.17) is 16.2 Å². The molecule has 0 radical (unpaired) electrons. The quantitative estimate of drug-likeness (QED) is 0.356. The molecule has 0 aliphatic carbocycles. The first kappa shape index (κ1) is 20.9. The Morgan fingerprint density at radius 2 is 1.74 bits per heavy atom. The van der Waals surface area contributed by atoms with Crippen molar-refractivity contribution in [2.24, 2.45) is 10.2 Å². The standard InChI is InChI=1S/C15H10ClN3O6S.Cr/c16-7-5-10(14(21)11(6-7)26(23,24)25)18-19-12-13(20)8-3-1-2-4-9(8)17-15(12)22;/h1-6,21H,(H2,17,20,22)(H,23,24,25);/p+1. The van der Waals surface area contributed by atoms with Crippen LogP contribution in [-0.2, 0) is 27.5 Å². The van der Waals surface area contributed by atoms with E-state index >= 15 is 0 Å². The number of H-pyrrole nitrogens is 1. The maximum atomic E-state index is 12.1. The normalized spacial score (nSPS) is 11.6. The summed E-state index contributed by atoms with van der Waals surface area (Å²) in [5, 5.41) is 27.5. The molecule has 1 aromatic heterocycles. The minimum absolute atomic E-state index is 0. The molecule has 27 heavy (non-hydrogen) atoms. The number of aromatic nitrogens is 1. The van der Waals surface area contributed by atoms with E-state index in [-0.39, 0.29) is 23.8 Å². The molecule has 1 heterocycles. The van der Waals surface area contributed by atoms with Gasteiger partial charge in [-0.05, 0) is 24.3 Å². The largest absolute Gasteiger partial charge is 1.00 e. The average Bonchev–Trinajstić information content (AvgIpc) is 2.56. The molecule has 3 rings (SSSR count). The summed E-state index contributed by atoms with van der Waals surface area (Å²) < 4.78 is 31.6. The van der Waals surface area contributed by atoms with Crippen molar-refractivity contribution in [2.75, 3.05) is 0 Å². The molecule has 3 aromatic rings. The first-order chi connectivity index (χ1) is 12.2. The van der Waals surface area contributed by atoms with Crippen molar-refractivity contribution in [3.05, 3.63) is 51.8 Å². The van der Waals surface area contributed by atoms with Gasteiger partial charge in [-0.1, -0.05) is 23.7 Å². The Hall–Kier alpha value is -2.42. The van der Waals surface area contributed by atoms with Gasteiger partial charge >= 0.3 is 1.43 Å². The maximum Gasteiger partial charge on any atom is 1.00 e. The number of rotatable bonds is 3. The fourth-order valence-corrected chi connectivity index (χ4v) is 3.15. The number of phenolic OH excluding ortho intramolecular Hbond substituents is 1. The molecule has 2 aromatic carbocycles. The van der Waals surface area contributed by atoms with E-state index in [1.165, 1.54) is 0 Å². The molecule has 0 fully saturated rings. The smallest absolute Gasteiger partial charge is 0.505 e. The zero-order chi connectivity index (χ0) is 19.1. The molecule has 0 spiro atoms. The Labute approximate surface area is 169 Å². The average molecular weight is 449 g/mol. The zero-order valence-electron chi connectivity index (χ0n) is 14.1. The minimum atomic E-state index is -4.76. The van der Waals surface area contributed by atoms with Crippen LogP contribution < -0.4 is 5.56 Å². The summed E-state index contributed by atoms with van der Waals surface area (Å²) in [5.41, 5.74) is -1.23. The van der Waals surface area contributed by atoms with Crippen LogP contribution in [0, 0.1) is 0 Å². The van der Waals surface area contributed by atoms with Crippen LogP contribution in [0.25, 0.3) is 10.9 Å². The molecule has 140 valence electrons. The van der Waals surface area contributed by atoms with Gasteiger partial charge in [0, 0.05) is 27.8 Å². The number of phenols is 1. The fraction of sp³-hybridized carbons (Fsp3) is 0. The molecular formula is C15H11ClCrN3O6S+. The zero-order valence-corrected chi connectivity index (χ0v) is 16.0. The van der Waals surface area contributed by atoms with Crippen molar-refractivity contribution < 1.29 is 42.0 Å². The Morgan fingerprint density at radius 3 is 2.41 bits per heavy atom. The third kappa shape index (κ3) is 4.13. The van der Waals surface area contributed by atoms with Crippen LogP contribution in [0.5, 0.6) is 11.5 Å².